The van der Waals surface area contributed by atoms with Gasteiger partial charge in [0.2, 0.25) is 0 Å². The Labute approximate surface area is 115 Å². The molecule has 20 heavy (non-hydrogen) atoms. The van der Waals surface area contributed by atoms with E-state index in [4.69, 9.17) is 9.84 Å². The van der Waals surface area contributed by atoms with Crippen molar-refractivity contribution in [3.8, 4) is 11.5 Å². The molecule has 0 radical (unpaired) electrons. The average Bonchev–Trinajstić information content (AvgIpc) is 2.46. The normalized spacial score (nSPS) is 10.7. The minimum Gasteiger partial charge on any atom is -0.507 e. The Morgan fingerprint density at radius 3 is 2.50 bits per heavy atom. The van der Waals surface area contributed by atoms with Gasteiger partial charge in [0.25, 0.3) is 0 Å². The summed E-state index contributed by atoms with van der Waals surface area (Å²) in [5.74, 6) is -0.718. The minimum absolute atomic E-state index is 0.172. The topological polar surface area (TPSA) is 79.1 Å². The number of hydrogen-bond donors (Lipinski definition) is 2. The van der Waals surface area contributed by atoms with E-state index in [1.165, 1.54) is 12.1 Å². The highest BCUT2D eigenvalue weighted by Gasteiger charge is 2.09. The Balaban J connectivity index is 2.22. The van der Waals surface area contributed by atoms with Crippen LogP contribution in [0.25, 0.3) is 0 Å². The molecule has 0 fully saturated rings. The van der Waals surface area contributed by atoms with Crippen molar-refractivity contribution in [2.24, 2.45) is 4.99 Å². The third kappa shape index (κ3) is 3.14. The van der Waals surface area contributed by atoms with Gasteiger partial charge in [-0.15, -0.1) is 0 Å². The van der Waals surface area contributed by atoms with Crippen molar-refractivity contribution in [2.75, 3.05) is 7.11 Å². The molecule has 2 rings (SSSR count). The Morgan fingerprint density at radius 1 is 1.20 bits per heavy atom. The van der Waals surface area contributed by atoms with Crippen LogP contribution >= 0.6 is 0 Å². The van der Waals surface area contributed by atoms with Gasteiger partial charge in [-0.1, -0.05) is 0 Å². The monoisotopic (exact) mass is 271 g/mol. The Bertz CT molecular complexity index is 647. The van der Waals surface area contributed by atoms with Crippen LogP contribution in [-0.4, -0.2) is 29.5 Å². The van der Waals surface area contributed by atoms with E-state index in [0.717, 1.165) is 11.3 Å². The number of aliphatic imine (C=N–C) groups is 1. The Hall–Kier alpha value is -2.82. The number of aromatic hydroxyl groups is 1. The predicted molar refractivity (Wildman–Crippen MR) is 75.3 cm³/mol. The zero-order chi connectivity index (χ0) is 14.5. The predicted octanol–water partition coefficient (Wildman–Crippen LogP) is 2.85. The van der Waals surface area contributed by atoms with E-state index >= 15 is 0 Å². The van der Waals surface area contributed by atoms with Crippen LogP contribution in [0.3, 0.4) is 0 Å². The lowest BCUT2D eigenvalue weighted by molar-refractivity contribution is 0.0694. The summed E-state index contributed by atoms with van der Waals surface area (Å²) in [5, 5.41) is 18.3. The van der Waals surface area contributed by atoms with Gasteiger partial charge in [0.15, 0.2) is 0 Å². The molecule has 0 amide bonds. The lowest BCUT2D eigenvalue weighted by Crippen LogP contribution is -1.95. The van der Waals surface area contributed by atoms with Gasteiger partial charge in [-0.05, 0) is 48.0 Å². The zero-order valence-electron chi connectivity index (χ0n) is 10.8. The van der Waals surface area contributed by atoms with Crippen molar-refractivity contribution in [3.05, 3.63) is 53.6 Å². The maximum absolute atomic E-state index is 10.9. The second kappa shape index (κ2) is 5.88. The van der Waals surface area contributed by atoms with Crippen LogP contribution in [0.2, 0.25) is 0 Å². The number of methoxy groups -OCH3 is 1. The van der Waals surface area contributed by atoms with Crippen LogP contribution in [0.4, 0.5) is 5.69 Å². The molecule has 5 heteroatoms. The highest BCUT2D eigenvalue weighted by molar-refractivity contribution is 5.92. The van der Waals surface area contributed by atoms with Gasteiger partial charge in [-0.25, -0.2) is 4.79 Å². The van der Waals surface area contributed by atoms with Crippen LogP contribution in [0, 0.1) is 0 Å². The first kappa shape index (κ1) is 13.6. The first-order chi connectivity index (χ1) is 9.60. The molecule has 0 spiro atoms. The number of rotatable bonds is 4. The third-order valence-corrected chi connectivity index (χ3v) is 2.69. The number of phenols is 1. The molecular weight excluding hydrogens is 258 g/mol. The molecule has 0 heterocycles. The van der Waals surface area contributed by atoms with E-state index in [9.17, 15) is 9.90 Å². The number of nitrogens with zero attached hydrogens (tertiary/aromatic N) is 1. The summed E-state index contributed by atoms with van der Waals surface area (Å²) in [6.45, 7) is 0. The quantitative estimate of drug-likeness (QED) is 0.838. The van der Waals surface area contributed by atoms with Gasteiger partial charge in [-0.2, -0.15) is 0 Å². The molecule has 0 saturated heterocycles. The van der Waals surface area contributed by atoms with E-state index in [1.807, 2.05) is 12.1 Å². The second-order valence-electron chi connectivity index (χ2n) is 4.04. The number of aromatic carboxylic acids is 1. The largest absolute Gasteiger partial charge is 0.507 e. The number of hydrogen-bond acceptors (Lipinski definition) is 4. The summed E-state index contributed by atoms with van der Waals surface area (Å²) in [4.78, 5) is 15.1. The maximum atomic E-state index is 10.9. The van der Waals surface area contributed by atoms with E-state index in [0.29, 0.717) is 5.69 Å². The lowest BCUT2D eigenvalue weighted by Gasteiger charge is -2.01. The standard InChI is InChI=1S/C15H13NO4/c1-20-12-5-2-10(3-6-12)9-16-11-4-7-14(17)13(8-11)15(18)19/h2-9,17H,1H3,(H,18,19). The van der Waals surface area contributed by atoms with E-state index in [1.54, 1.807) is 31.5 Å². The third-order valence-electron chi connectivity index (χ3n) is 2.69. The van der Waals surface area contributed by atoms with E-state index in [2.05, 4.69) is 4.99 Å². The van der Waals surface area contributed by atoms with Gasteiger partial charge in [0.05, 0.1) is 12.8 Å². The summed E-state index contributed by atoms with van der Waals surface area (Å²) in [7, 11) is 1.59. The first-order valence-electron chi connectivity index (χ1n) is 5.84. The molecule has 0 bridgehead atoms. The van der Waals surface area contributed by atoms with Crippen LogP contribution in [0.1, 0.15) is 15.9 Å². The van der Waals surface area contributed by atoms with Crippen molar-refractivity contribution in [1.82, 2.24) is 0 Å². The summed E-state index contributed by atoms with van der Waals surface area (Å²) in [5.41, 5.74) is 1.14. The molecule has 2 aromatic carbocycles. The van der Waals surface area contributed by atoms with E-state index < -0.39 is 5.97 Å². The zero-order valence-corrected chi connectivity index (χ0v) is 10.8. The van der Waals surface area contributed by atoms with Crippen molar-refractivity contribution in [2.45, 2.75) is 0 Å². The fourth-order valence-corrected chi connectivity index (χ4v) is 1.61. The number of ether oxygens (including phenoxy) is 1. The summed E-state index contributed by atoms with van der Waals surface area (Å²) in [6, 6.07) is 11.5. The highest BCUT2D eigenvalue weighted by Crippen LogP contribution is 2.23. The SMILES string of the molecule is COc1ccc(C=Nc2ccc(O)c(C(=O)O)c2)cc1. The second-order valence-corrected chi connectivity index (χ2v) is 4.04. The van der Waals surface area contributed by atoms with Crippen molar-refractivity contribution >= 4 is 17.9 Å². The van der Waals surface area contributed by atoms with Gasteiger partial charge in [0, 0.05) is 6.21 Å². The van der Waals surface area contributed by atoms with Gasteiger partial charge < -0.3 is 14.9 Å². The molecule has 102 valence electrons. The van der Waals surface area contributed by atoms with Gasteiger partial charge >= 0.3 is 5.97 Å². The number of carboxylic acid groups (broad SMARTS) is 1. The number of carbonyl (C=O) groups is 1. The van der Waals surface area contributed by atoms with Crippen molar-refractivity contribution in [1.29, 1.82) is 0 Å². The molecule has 0 atom stereocenters. The highest BCUT2D eigenvalue weighted by atomic mass is 16.5. The molecule has 0 aliphatic rings. The molecule has 0 aliphatic carbocycles. The molecule has 0 saturated carbocycles. The molecule has 0 unspecified atom stereocenters. The van der Waals surface area contributed by atoms with Crippen molar-refractivity contribution < 1.29 is 19.7 Å². The molecule has 2 aromatic rings. The van der Waals surface area contributed by atoms with Crippen molar-refractivity contribution in [3.63, 3.8) is 0 Å². The van der Waals surface area contributed by atoms with Crippen LogP contribution in [0.5, 0.6) is 11.5 Å². The molecule has 5 nitrogen and oxygen atoms in total. The number of carboxylic acids is 1. The van der Waals surface area contributed by atoms with Crippen LogP contribution < -0.4 is 4.74 Å². The van der Waals surface area contributed by atoms with Gasteiger partial charge in [0.1, 0.15) is 17.1 Å². The van der Waals surface area contributed by atoms with Crippen LogP contribution in [0.15, 0.2) is 47.5 Å². The smallest absolute Gasteiger partial charge is 0.339 e. The molecular formula is C15H13NO4. The lowest BCUT2D eigenvalue weighted by atomic mass is 10.2. The summed E-state index contributed by atoms with van der Waals surface area (Å²) < 4.78 is 5.05. The molecule has 2 N–H and O–H groups in total. The summed E-state index contributed by atoms with van der Waals surface area (Å²) in [6.07, 6.45) is 1.61. The fourth-order valence-electron chi connectivity index (χ4n) is 1.61. The van der Waals surface area contributed by atoms with Crippen LogP contribution in [-0.2, 0) is 0 Å². The maximum Gasteiger partial charge on any atom is 0.339 e. The number of benzene rings is 2. The van der Waals surface area contributed by atoms with E-state index in [-0.39, 0.29) is 11.3 Å². The first-order valence-corrected chi connectivity index (χ1v) is 5.84. The fraction of sp³-hybridized carbons (Fsp3) is 0.0667. The average molecular weight is 271 g/mol. The Kier molecular flexibility index (Phi) is 4.00. The summed E-state index contributed by atoms with van der Waals surface area (Å²) >= 11 is 0. The molecule has 0 aromatic heterocycles. The van der Waals surface area contributed by atoms with Gasteiger partial charge in [-0.3, -0.25) is 4.99 Å². The molecule has 0 aliphatic heterocycles. The Morgan fingerprint density at radius 2 is 1.90 bits per heavy atom. The minimum atomic E-state index is -1.19.